The van der Waals surface area contributed by atoms with E-state index < -0.39 is 6.10 Å². The minimum absolute atomic E-state index is 0.205. The molecule has 0 aliphatic carbocycles. The van der Waals surface area contributed by atoms with E-state index in [9.17, 15) is 5.11 Å². The van der Waals surface area contributed by atoms with Gasteiger partial charge in [0.25, 0.3) is 0 Å². The van der Waals surface area contributed by atoms with Gasteiger partial charge in [-0.2, -0.15) is 0 Å². The fourth-order valence-corrected chi connectivity index (χ4v) is 2.76. The summed E-state index contributed by atoms with van der Waals surface area (Å²) in [6, 6.07) is 18.1. The summed E-state index contributed by atoms with van der Waals surface area (Å²) in [7, 11) is 0. The largest absolute Gasteiger partial charge is 0.490 e. The van der Waals surface area contributed by atoms with Crippen LogP contribution in [-0.2, 0) is 5.54 Å². The molecule has 1 heterocycles. The molecule has 0 amide bonds. The Hall–Kier alpha value is -2.30. The summed E-state index contributed by atoms with van der Waals surface area (Å²) in [6.07, 6.45) is 1.31. The Labute approximate surface area is 142 Å². The van der Waals surface area contributed by atoms with Crippen LogP contribution in [0.1, 0.15) is 19.4 Å². The zero-order valence-corrected chi connectivity index (χ0v) is 14.1. The molecule has 24 heavy (non-hydrogen) atoms. The van der Waals surface area contributed by atoms with Gasteiger partial charge in [0.15, 0.2) is 0 Å². The third-order valence-corrected chi connectivity index (χ3v) is 4.26. The predicted molar refractivity (Wildman–Crippen MR) is 97.3 cm³/mol. The van der Waals surface area contributed by atoms with E-state index in [0.29, 0.717) is 6.54 Å². The number of benzene rings is 2. The average Bonchev–Trinajstić information content (AvgIpc) is 3.08. The third-order valence-electron chi connectivity index (χ3n) is 4.26. The highest BCUT2D eigenvalue weighted by Gasteiger charge is 2.20. The van der Waals surface area contributed by atoms with Crippen molar-refractivity contribution in [1.82, 2.24) is 10.3 Å². The number of H-pyrrole nitrogens is 1. The standard InChI is InChI=1S/C20H24N2O2/c1-20(2,15-7-4-3-5-8-15)22-13-16(23)14-24-19-10-6-9-18-17(19)11-12-21-18/h3-12,16,21-23H,13-14H2,1-2H3/t16-/m0/s1. The van der Waals surface area contributed by atoms with Gasteiger partial charge in [0.05, 0.1) is 0 Å². The molecule has 126 valence electrons. The number of ether oxygens (including phenoxy) is 1. The maximum Gasteiger partial charge on any atom is 0.128 e. The molecule has 3 N–H and O–H groups in total. The number of aliphatic hydroxyl groups excluding tert-OH is 1. The van der Waals surface area contributed by atoms with Crippen molar-refractivity contribution in [1.29, 1.82) is 0 Å². The van der Waals surface area contributed by atoms with Crippen molar-refractivity contribution in [3.05, 3.63) is 66.4 Å². The summed E-state index contributed by atoms with van der Waals surface area (Å²) in [6.45, 7) is 4.93. The Bertz CT molecular complexity index is 780. The normalized spacial score (nSPS) is 13.1. The summed E-state index contributed by atoms with van der Waals surface area (Å²) in [5, 5.41) is 14.7. The summed E-state index contributed by atoms with van der Waals surface area (Å²) in [5.41, 5.74) is 2.02. The van der Waals surface area contributed by atoms with Gasteiger partial charge in [0, 0.05) is 29.2 Å². The molecular weight excluding hydrogens is 300 g/mol. The SMILES string of the molecule is CC(C)(NC[C@H](O)COc1cccc2[nH]ccc12)c1ccccc1. The van der Waals surface area contributed by atoms with Gasteiger partial charge in [-0.15, -0.1) is 0 Å². The van der Waals surface area contributed by atoms with Gasteiger partial charge in [-0.25, -0.2) is 0 Å². The second-order valence-electron chi connectivity index (χ2n) is 6.53. The Balaban J connectivity index is 1.54. The highest BCUT2D eigenvalue weighted by Crippen LogP contribution is 2.24. The van der Waals surface area contributed by atoms with Crippen LogP contribution in [0, 0.1) is 0 Å². The van der Waals surface area contributed by atoms with E-state index in [1.165, 1.54) is 5.56 Å². The van der Waals surface area contributed by atoms with Crippen LogP contribution < -0.4 is 10.1 Å². The number of aromatic nitrogens is 1. The number of rotatable bonds is 7. The lowest BCUT2D eigenvalue weighted by molar-refractivity contribution is 0.0995. The number of aromatic amines is 1. The summed E-state index contributed by atoms with van der Waals surface area (Å²) in [4.78, 5) is 3.16. The van der Waals surface area contributed by atoms with E-state index in [1.54, 1.807) is 0 Å². The number of hydrogen-bond donors (Lipinski definition) is 3. The van der Waals surface area contributed by atoms with Crippen LogP contribution in [0.15, 0.2) is 60.8 Å². The zero-order chi connectivity index (χ0) is 17.0. The van der Waals surface area contributed by atoms with Crippen molar-refractivity contribution in [2.45, 2.75) is 25.5 Å². The van der Waals surface area contributed by atoms with Gasteiger partial charge < -0.3 is 20.1 Å². The van der Waals surface area contributed by atoms with Gasteiger partial charge in [0.2, 0.25) is 0 Å². The van der Waals surface area contributed by atoms with E-state index in [4.69, 9.17) is 4.74 Å². The van der Waals surface area contributed by atoms with E-state index in [2.05, 4.69) is 36.3 Å². The van der Waals surface area contributed by atoms with Crippen LogP contribution in [-0.4, -0.2) is 29.3 Å². The average molecular weight is 324 g/mol. The molecule has 2 aromatic carbocycles. The van der Waals surface area contributed by atoms with Crippen molar-refractivity contribution in [3.8, 4) is 5.75 Å². The first-order valence-corrected chi connectivity index (χ1v) is 8.24. The lowest BCUT2D eigenvalue weighted by Gasteiger charge is -2.28. The smallest absolute Gasteiger partial charge is 0.128 e. The quantitative estimate of drug-likeness (QED) is 0.624. The Kier molecular flexibility index (Phi) is 4.88. The topological polar surface area (TPSA) is 57.3 Å². The molecule has 4 nitrogen and oxygen atoms in total. The molecule has 0 radical (unpaired) electrons. The van der Waals surface area contributed by atoms with Crippen LogP contribution in [0.4, 0.5) is 0 Å². The molecular formula is C20H24N2O2. The third kappa shape index (κ3) is 3.78. The lowest BCUT2D eigenvalue weighted by atomic mass is 9.94. The van der Waals surface area contributed by atoms with Crippen molar-refractivity contribution >= 4 is 10.9 Å². The Morgan fingerprint density at radius 1 is 1.08 bits per heavy atom. The molecule has 0 fully saturated rings. The molecule has 1 aromatic heterocycles. The van der Waals surface area contributed by atoms with Crippen LogP contribution >= 0.6 is 0 Å². The van der Waals surface area contributed by atoms with Crippen LogP contribution in [0.3, 0.4) is 0 Å². The van der Waals surface area contributed by atoms with Crippen molar-refractivity contribution in [2.75, 3.05) is 13.2 Å². The number of hydrogen-bond acceptors (Lipinski definition) is 3. The fourth-order valence-electron chi connectivity index (χ4n) is 2.76. The van der Waals surface area contributed by atoms with Gasteiger partial charge >= 0.3 is 0 Å². The number of aliphatic hydroxyl groups is 1. The van der Waals surface area contributed by atoms with Crippen molar-refractivity contribution < 1.29 is 9.84 Å². The van der Waals surface area contributed by atoms with E-state index in [1.807, 2.05) is 48.7 Å². The second-order valence-corrected chi connectivity index (χ2v) is 6.53. The maximum absolute atomic E-state index is 10.2. The lowest BCUT2D eigenvalue weighted by Crippen LogP contribution is -2.42. The van der Waals surface area contributed by atoms with Gasteiger partial charge in [-0.05, 0) is 37.6 Å². The molecule has 0 aliphatic heterocycles. The molecule has 0 saturated heterocycles. The van der Waals surface area contributed by atoms with E-state index in [0.717, 1.165) is 16.7 Å². The van der Waals surface area contributed by atoms with Crippen LogP contribution in [0.25, 0.3) is 10.9 Å². The van der Waals surface area contributed by atoms with Gasteiger partial charge in [-0.1, -0.05) is 36.4 Å². The summed E-state index contributed by atoms with van der Waals surface area (Å²) >= 11 is 0. The monoisotopic (exact) mass is 324 g/mol. The second kappa shape index (κ2) is 7.07. The molecule has 4 heteroatoms. The highest BCUT2D eigenvalue weighted by atomic mass is 16.5. The van der Waals surface area contributed by atoms with Crippen LogP contribution in [0.2, 0.25) is 0 Å². The first-order valence-electron chi connectivity index (χ1n) is 8.24. The molecule has 0 unspecified atom stereocenters. The van der Waals surface area contributed by atoms with E-state index >= 15 is 0 Å². The molecule has 0 spiro atoms. The Morgan fingerprint density at radius 2 is 1.88 bits per heavy atom. The molecule has 3 rings (SSSR count). The first-order chi connectivity index (χ1) is 11.6. The molecule has 3 aromatic rings. The fraction of sp³-hybridized carbons (Fsp3) is 0.300. The summed E-state index contributed by atoms with van der Waals surface area (Å²) < 4.78 is 5.80. The minimum Gasteiger partial charge on any atom is -0.490 e. The highest BCUT2D eigenvalue weighted by molar-refractivity contribution is 5.85. The maximum atomic E-state index is 10.2. The Morgan fingerprint density at radius 3 is 2.67 bits per heavy atom. The predicted octanol–water partition coefficient (Wildman–Crippen LogP) is 3.43. The summed E-state index contributed by atoms with van der Waals surface area (Å²) in [5.74, 6) is 0.787. The zero-order valence-electron chi connectivity index (χ0n) is 14.1. The minimum atomic E-state index is -0.581. The van der Waals surface area contributed by atoms with Gasteiger partial charge in [0.1, 0.15) is 18.5 Å². The number of fused-ring (bicyclic) bond motifs is 1. The number of nitrogens with one attached hydrogen (secondary N) is 2. The van der Waals surface area contributed by atoms with Crippen molar-refractivity contribution in [3.63, 3.8) is 0 Å². The molecule has 0 aliphatic rings. The molecule has 0 saturated carbocycles. The van der Waals surface area contributed by atoms with Crippen LogP contribution in [0.5, 0.6) is 5.75 Å². The molecule has 0 bridgehead atoms. The van der Waals surface area contributed by atoms with Crippen molar-refractivity contribution in [2.24, 2.45) is 0 Å². The van der Waals surface area contributed by atoms with Gasteiger partial charge in [-0.3, -0.25) is 0 Å². The van der Waals surface area contributed by atoms with E-state index in [-0.39, 0.29) is 12.1 Å². The first kappa shape index (κ1) is 16.6. The molecule has 1 atom stereocenters.